The van der Waals surface area contributed by atoms with E-state index in [0.717, 1.165) is 12.0 Å². The summed E-state index contributed by atoms with van der Waals surface area (Å²) < 4.78 is 11.0. The fourth-order valence-electron chi connectivity index (χ4n) is 1.97. The third-order valence-corrected chi connectivity index (χ3v) is 3.14. The van der Waals surface area contributed by atoms with Gasteiger partial charge >= 0.3 is 5.97 Å². The molecule has 0 aromatic heterocycles. The molecular weight excluding hydrogens is 270 g/mol. The molecule has 0 amide bonds. The molecule has 0 spiro atoms. The molecule has 0 fully saturated rings. The van der Waals surface area contributed by atoms with Crippen molar-refractivity contribution in [1.82, 2.24) is 4.90 Å². The van der Waals surface area contributed by atoms with Gasteiger partial charge in [0.2, 0.25) is 0 Å². The summed E-state index contributed by atoms with van der Waals surface area (Å²) in [5, 5.41) is 8.98. The van der Waals surface area contributed by atoms with E-state index in [9.17, 15) is 4.79 Å². The lowest BCUT2D eigenvalue weighted by Crippen LogP contribution is -2.35. The predicted octanol–water partition coefficient (Wildman–Crippen LogP) is 2.78. The van der Waals surface area contributed by atoms with Crippen molar-refractivity contribution in [2.75, 3.05) is 20.3 Å². The van der Waals surface area contributed by atoms with E-state index in [1.807, 2.05) is 43.9 Å². The van der Waals surface area contributed by atoms with Crippen LogP contribution < -0.4 is 9.47 Å². The third-order valence-electron chi connectivity index (χ3n) is 3.14. The number of carboxylic acid groups (broad SMARTS) is 1. The Bertz CT molecular complexity index is 460. The maximum absolute atomic E-state index is 10.9. The van der Waals surface area contributed by atoms with Crippen molar-refractivity contribution in [2.45, 2.75) is 39.8 Å². The second kappa shape index (κ2) is 8.52. The van der Waals surface area contributed by atoms with E-state index in [2.05, 4.69) is 0 Å². The molecule has 0 saturated carbocycles. The monoisotopic (exact) mass is 295 g/mol. The SMILES string of the molecule is CCCOc1cc(CN(CC(=O)O)C(C)C)ccc1OC. The van der Waals surface area contributed by atoms with Crippen LogP contribution in [0.15, 0.2) is 18.2 Å². The minimum atomic E-state index is -0.820. The fraction of sp³-hybridized carbons (Fsp3) is 0.562. The maximum atomic E-state index is 10.9. The molecule has 0 radical (unpaired) electrons. The second-order valence-electron chi connectivity index (χ2n) is 5.23. The summed E-state index contributed by atoms with van der Waals surface area (Å²) in [6.07, 6.45) is 0.921. The highest BCUT2D eigenvalue weighted by atomic mass is 16.5. The van der Waals surface area contributed by atoms with E-state index in [4.69, 9.17) is 14.6 Å². The molecule has 1 aromatic rings. The predicted molar refractivity (Wildman–Crippen MR) is 82.0 cm³/mol. The topological polar surface area (TPSA) is 59.0 Å². The van der Waals surface area contributed by atoms with Crippen molar-refractivity contribution in [3.05, 3.63) is 23.8 Å². The lowest BCUT2D eigenvalue weighted by molar-refractivity contribution is -0.138. The second-order valence-corrected chi connectivity index (χ2v) is 5.23. The Kier molecular flexibility index (Phi) is 7.02. The molecule has 21 heavy (non-hydrogen) atoms. The number of nitrogens with zero attached hydrogens (tertiary/aromatic N) is 1. The van der Waals surface area contributed by atoms with Crippen molar-refractivity contribution in [1.29, 1.82) is 0 Å². The van der Waals surface area contributed by atoms with Gasteiger partial charge in [0, 0.05) is 12.6 Å². The molecule has 0 heterocycles. The van der Waals surface area contributed by atoms with Crippen molar-refractivity contribution < 1.29 is 19.4 Å². The van der Waals surface area contributed by atoms with Gasteiger partial charge in [-0.1, -0.05) is 13.0 Å². The van der Waals surface area contributed by atoms with Crippen molar-refractivity contribution >= 4 is 5.97 Å². The van der Waals surface area contributed by atoms with E-state index in [-0.39, 0.29) is 12.6 Å². The summed E-state index contributed by atoms with van der Waals surface area (Å²) in [7, 11) is 1.61. The maximum Gasteiger partial charge on any atom is 0.317 e. The molecule has 0 atom stereocenters. The van der Waals surface area contributed by atoms with Crippen LogP contribution in [-0.2, 0) is 11.3 Å². The third kappa shape index (κ3) is 5.63. The standard InChI is InChI=1S/C16H25NO4/c1-5-8-21-15-9-13(6-7-14(15)20-4)10-17(12(2)3)11-16(18)19/h6-7,9,12H,5,8,10-11H2,1-4H3,(H,18,19). The zero-order valence-corrected chi connectivity index (χ0v) is 13.3. The molecule has 5 nitrogen and oxygen atoms in total. The van der Waals surface area contributed by atoms with E-state index < -0.39 is 5.97 Å². The van der Waals surface area contributed by atoms with Gasteiger partial charge in [-0.2, -0.15) is 0 Å². The molecule has 0 unspecified atom stereocenters. The Morgan fingerprint density at radius 1 is 1.33 bits per heavy atom. The summed E-state index contributed by atoms with van der Waals surface area (Å²) >= 11 is 0. The molecule has 118 valence electrons. The summed E-state index contributed by atoms with van der Waals surface area (Å²) in [5.74, 6) is 0.581. The molecule has 0 aliphatic rings. The number of hydrogen-bond donors (Lipinski definition) is 1. The normalized spacial score (nSPS) is 11.0. The number of methoxy groups -OCH3 is 1. The summed E-state index contributed by atoms with van der Waals surface area (Å²) in [5.41, 5.74) is 1.01. The highest BCUT2D eigenvalue weighted by Gasteiger charge is 2.15. The average molecular weight is 295 g/mol. The van der Waals surface area contributed by atoms with E-state index in [0.29, 0.717) is 24.7 Å². The zero-order valence-electron chi connectivity index (χ0n) is 13.3. The molecule has 1 N–H and O–H groups in total. The first-order valence-electron chi connectivity index (χ1n) is 7.23. The number of ether oxygens (including phenoxy) is 2. The van der Waals surface area contributed by atoms with Crippen LogP contribution in [-0.4, -0.2) is 42.3 Å². The van der Waals surface area contributed by atoms with Gasteiger partial charge in [-0.25, -0.2) is 0 Å². The number of benzene rings is 1. The Balaban J connectivity index is 2.88. The van der Waals surface area contributed by atoms with Gasteiger partial charge in [-0.3, -0.25) is 9.69 Å². The first-order chi connectivity index (χ1) is 9.97. The van der Waals surface area contributed by atoms with Crippen molar-refractivity contribution in [3.63, 3.8) is 0 Å². The quantitative estimate of drug-likeness (QED) is 0.759. The first kappa shape index (κ1) is 17.3. The van der Waals surface area contributed by atoms with Crippen LogP contribution in [0.3, 0.4) is 0 Å². The van der Waals surface area contributed by atoms with Crippen molar-refractivity contribution in [2.24, 2.45) is 0 Å². The number of hydrogen-bond acceptors (Lipinski definition) is 4. The van der Waals surface area contributed by atoms with Crippen LogP contribution in [0.4, 0.5) is 0 Å². The molecule has 1 rings (SSSR count). The fourth-order valence-corrected chi connectivity index (χ4v) is 1.97. The molecule has 0 aliphatic heterocycles. The highest BCUT2D eigenvalue weighted by molar-refractivity contribution is 5.69. The van der Waals surface area contributed by atoms with Gasteiger partial charge in [0.1, 0.15) is 0 Å². The minimum Gasteiger partial charge on any atom is -0.493 e. The summed E-state index contributed by atoms with van der Waals surface area (Å²) in [6, 6.07) is 5.88. The number of rotatable bonds is 9. The first-order valence-corrected chi connectivity index (χ1v) is 7.23. The van der Waals surface area contributed by atoms with Crippen LogP contribution in [0.2, 0.25) is 0 Å². The number of carboxylic acids is 1. The van der Waals surface area contributed by atoms with E-state index in [1.54, 1.807) is 7.11 Å². The van der Waals surface area contributed by atoms with Gasteiger partial charge in [-0.15, -0.1) is 0 Å². The molecule has 1 aromatic carbocycles. The smallest absolute Gasteiger partial charge is 0.317 e. The van der Waals surface area contributed by atoms with Crippen LogP contribution in [0, 0.1) is 0 Å². The van der Waals surface area contributed by atoms with Crippen LogP contribution in [0.5, 0.6) is 11.5 Å². The summed E-state index contributed by atoms with van der Waals surface area (Å²) in [6.45, 7) is 7.24. The van der Waals surface area contributed by atoms with Gasteiger partial charge in [-0.05, 0) is 38.0 Å². The Labute approximate surface area is 126 Å². The lowest BCUT2D eigenvalue weighted by Gasteiger charge is -2.25. The van der Waals surface area contributed by atoms with Gasteiger partial charge in [0.05, 0.1) is 20.3 Å². The van der Waals surface area contributed by atoms with Crippen LogP contribution >= 0.6 is 0 Å². The molecule has 0 bridgehead atoms. The van der Waals surface area contributed by atoms with Crippen molar-refractivity contribution in [3.8, 4) is 11.5 Å². The van der Waals surface area contributed by atoms with E-state index in [1.165, 1.54) is 0 Å². The molecule has 0 aliphatic carbocycles. The Morgan fingerprint density at radius 2 is 2.05 bits per heavy atom. The number of aliphatic carboxylic acids is 1. The van der Waals surface area contributed by atoms with Gasteiger partial charge in [0.25, 0.3) is 0 Å². The van der Waals surface area contributed by atoms with E-state index >= 15 is 0 Å². The molecule has 5 heteroatoms. The van der Waals surface area contributed by atoms with Crippen LogP contribution in [0.1, 0.15) is 32.8 Å². The van der Waals surface area contributed by atoms with Gasteiger partial charge in [0.15, 0.2) is 11.5 Å². The lowest BCUT2D eigenvalue weighted by atomic mass is 10.1. The molecule has 0 saturated heterocycles. The highest BCUT2D eigenvalue weighted by Crippen LogP contribution is 2.28. The average Bonchev–Trinajstić information content (AvgIpc) is 2.44. The zero-order chi connectivity index (χ0) is 15.8. The summed E-state index contributed by atoms with van der Waals surface area (Å²) in [4.78, 5) is 12.8. The van der Waals surface area contributed by atoms with Gasteiger partial charge < -0.3 is 14.6 Å². The molecular formula is C16H25NO4. The minimum absolute atomic E-state index is 0.0227. The van der Waals surface area contributed by atoms with Crippen LogP contribution in [0.25, 0.3) is 0 Å². The Morgan fingerprint density at radius 3 is 2.57 bits per heavy atom. The number of carbonyl (C=O) groups is 1. The Hall–Kier alpha value is -1.75. The largest absolute Gasteiger partial charge is 0.493 e.